The molecule has 0 aromatic heterocycles. The van der Waals surface area contributed by atoms with E-state index in [1.165, 1.54) is 4.90 Å². The first-order valence-corrected chi connectivity index (χ1v) is 13.3. The van der Waals surface area contributed by atoms with Gasteiger partial charge in [0.2, 0.25) is 11.8 Å². The van der Waals surface area contributed by atoms with E-state index in [2.05, 4.69) is 35.6 Å². The maximum absolute atomic E-state index is 14.2. The van der Waals surface area contributed by atoms with Crippen molar-refractivity contribution >= 4 is 29.1 Å². The molecule has 1 heterocycles. The summed E-state index contributed by atoms with van der Waals surface area (Å²) < 4.78 is 0. The first kappa shape index (κ1) is 23.6. The van der Waals surface area contributed by atoms with E-state index >= 15 is 0 Å². The second-order valence-corrected chi connectivity index (χ2v) is 11.3. The fraction of sp³-hybridized carbons (Fsp3) is 0.206. The topological polar surface area (TPSA) is 66.5 Å². The highest BCUT2D eigenvalue weighted by Crippen LogP contribution is 2.67. The van der Waals surface area contributed by atoms with Crippen molar-refractivity contribution in [3.8, 4) is 0 Å². The van der Waals surface area contributed by atoms with E-state index < -0.39 is 11.3 Å². The fourth-order valence-corrected chi connectivity index (χ4v) is 7.37. The van der Waals surface area contributed by atoms with Crippen LogP contribution < -0.4 is 10.2 Å². The molecule has 2 atom stereocenters. The highest BCUT2D eigenvalue weighted by atomic mass is 16.2. The molecule has 3 amide bonds. The number of rotatable bonds is 3. The van der Waals surface area contributed by atoms with Crippen molar-refractivity contribution in [2.45, 2.75) is 32.6 Å². The van der Waals surface area contributed by atoms with Crippen LogP contribution in [0.25, 0.3) is 0 Å². The highest BCUT2D eigenvalue weighted by molar-refractivity contribution is 6.25. The maximum Gasteiger partial charge on any atom is 0.255 e. The van der Waals surface area contributed by atoms with Crippen molar-refractivity contribution < 1.29 is 14.4 Å². The third-order valence-electron chi connectivity index (χ3n) is 8.88. The average Bonchev–Trinajstić information content (AvgIpc) is 3.13. The number of benzene rings is 4. The van der Waals surface area contributed by atoms with Gasteiger partial charge >= 0.3 is 0 Å². The Morgan fingerprint density at radius 2 is 1.31 bits per heavy atom. The largest absolute Gasteiger partial charge is 0.322 e. The molecule has 4 aromatic rings. The zero-order valence-corrected chi connectivity index (χ0v) is 22.1. The molecule has 5 nitrogen and oxygen atoms in total. The summed E-state index contributed by atoms with van der Waals surface area (Å²) in [6.07, 6.45) is 0. The zero-order valence-electron chi connectivity index (χ0n) is 22.1. The van der Waals surface area contributed by atoms with Crippen LogP contribution in [0.1, 0.15) is 62.5 Å². The molecule has 1 saturated heterocycles. The van der Waals surface area contributed by atoms with Crippen LogP contribution in [-0.2, 0) is 9.59 Å². The van der Waals surface area contributed by atoms with Gasteiger partial charge < -0.3 is 5.32 Å². The summed E-state index contributed by atoms with van der Waals surface area (Å²) >= 11 is 0. The van der Waals surface area contributed by atoms with Crippen LogP contribution in [0.4, 0.5) is 11.4 Å². The summed E-state index contributed by atoms with van der Waals surface area (Å²) in [5.41, 5.74) is 7.51. The quantitative estimate of drug-likeness (QED) is 0.326. The lowest BCUT2D eigenvalue weighted by Crippen LogP contribution is -2.49. The Bertz CT molecular complexity index is 1640. The molecule has 192 valence electrons. The van der Waals surface area contributed by atoms with E-state index in [0.717, 1.165) is 39.1 Å². The minimum Gasteiger partial charge on any atom is -0.322 e. The van der Waals surface area contributed by atoms with Crippen molar-refractivity contribution in [2.24, 2.45) is 11.3 Å². The first-order valence-electron chi connectivity index (χ1n) is 13.3. The number of carbonyl (C=O) groups excluding carboxylic acids is 3. The minimum absolute atomic E-state index is 0.170. The smallest absolute Gasteiger partial charge is 0.255 e. The number of hydrogen-bond donors (Lipinski definition) is 1. The normalized spacial score (nSPS) is 24.3. The number of amides is 3. The molecule has 1 aliphatic heterocycles. The molecule has 39 heavy (non-hydrogen) atoms. The Morgan fingerprint density at radius 1 is 0.769 bits per heavy atom. The standard InChI is InChI=1S/C34H28N2O3/c1-19-16-20(2)18-22(17-19)35-31(37)21-12-14-23(15-13-21)36-32(38)30-28-24-8-4-6-10-26(24)29(34(30,3)33(36)39)27-11-7-5-9-25(27)28/h4-18,28-30H,1-3H3,(H,35,37)/t28?,29?,30-,34+/m1/s1. The molecule has 1 N–H and O–H groups in total. The van der Waals surface area contributed by atoms with E-state index in [1.807, 2.05) is 57.2 Å². The second-order valence-electron chi connectivity index (χ2n) is 11.3. The molecule has 2 bridgehead atoms. The summed E-state index contributed by atoms with van der Waals surface area (Å²) in [5, 5.41) is 2.95. The Morgan fingerprint density at radius 3 is 1.87 bits per heavy atom. The van der Waals surface area contributed by atoms with Gasteiger partial charge in [0.25, 0.3) is 5.91 Å². The summed E-state index contributed by atoms with van der Waals surface area (Å²) in [6, 6.07) is 29.1. The zero-order chi connectivity index (χ0) is 27.1. The average molecular weight is 513 g/mol. The van der Waals surface area contributed by atoms with Crippen molar-refractivity contribution in [3.63, 3.8) is 0 Å². The van der Waals surface area contributed by atoms with Gasteiger partial charge in [0.05, 0.1) is 17.0 Å². The maximum atomic E-state index is 14.2. The summed E-state index contributed by atoms with van der Waals surface area (Å²) in [6.45, 7) is 5.94. The molecular formula is C34H28N2O3. The second kappa shape index (κ2) is 8.24. The van der Waals surface area contributed by atoms with E-state index in [4.69, 9.17) is 0 Å². The number of nitrogens with one attached hydrogen (secondary N) is 1. The van der Waals surface area contributed by atoms with Crippen LogP contribution in [0.15, 0.2) is 91.0 Å². The Kier molecular flexibility index (Phi) is 4.99. The number of carbonyl (C=O) groups is 3. The van der Waals surface area contributed by atoms with Gasteiger partial charge in [-0.1, -0.05) is 54.6 Å². The molecular weight excluding hydrogens is 484 g/mol. The van der Waals surface area contributed by atoms with Gasteiger partial charge in [0.15, 0.2) is 0 Å². The molecule has 0 radical (unpaired) electrons. The Labute approximate surface area is 227 Å². The number of aryl methyl sites for hydroxylation is 2. The van der Waals surface area contributed by atoms with Crippen molar-refractivity contribution in [1.82, 2.24) is 0 Å². The lowest BCUT2D eigenvalue weighted by Gasteiger charge is -2.51. The molecule has 5 heteroatoms. The number of anilines is 2. The van der Waals surface area contributed by atoms with Gasteiger partial charge in [-0.25, -0.2) is 4.90 Å². The van der Waals surface area contributed by atoms with Crippen LogP contribution in [0, 0.1) is 25.2 Å². The third kappa shape index (κ3) is 3.22. The Hall–Kier alpha value is -4.51. The van der Waals surface area contributed by atoms with E-state index in [0.29, 0.717) is 11.3 Å². The fourth-order valence-electron chi connectivity index (χ4n) is 7.37. The summed E-state index contributed by atoms with van der Waals surface area (Å²) in [5.74, 6) is -1.43. The predicted molar refractivity (Wildman–Crippen MR) is 151 cm³/mol. The van der Waals surface area contributed by atoms with Gasteiger partial charge in [0.1, 0.15) is 0 Å². The van der Waals surface area contributed by atoms with Gasteiger partial charge in [-0.3, -0.25) is 14.4 Å². The van der Waals surface area contributed by atoms with E-state index in [9.17, 15) is 14.4 Å². The van der Waals surface area contributed by atoms with Crippen LogP contribution in [-0.4, -0.2) is 17.7 Å². The van der Waals surface area contributed by atoms with Crippen LogP contribution in [0.3, 0.4) is 0 Å². The number of nitrogens with zero attached hydrogens (tertiary/aromatic N) is 1. The summed E-state index contributed by atoms with van der Waals surface area (Å²) in [7, 11) is 0. The molecule has 0 unspecified atom stereocenters. The number of imide groups is 1. The SMILES string of the molecule is Cc1cc(C)cc(NC(=O)c2ccc(N3C(=O)[C@H]4C5c6ccccc6C(c6ccccc65)[C@]4(C)C3=O)cc2)c1. The molecule has 8 rings (SSSR count). The molecule has 0 spiro atoms. The van der Waals surface area contributed by atoms with E-state index in [1.54, 1.807) is 24.3 Å². The molecule has 0 saturated carbocycles. The van der Waals surface area contributed by atoms with Crippen LogP contribution in [0.2, 0.25) is 0 Å². The molecule has 3 aliphatic carbocycles. The van der Waals surface area contributed by atoms with Gasteiger partial charge in [-0.2, -0.15) is 0 Å². The van der Waals surface area contributed by atoms with E-state index in [-0.39, 0.29) is 29.6 Å². The molecule has 1 fully saturated rings. The summed E-state index contributed by atoms with van der Waals surface area (Å²) in [4.78, 5) is 42.6. The predicted octanol–water partition coefficient (Wildman–Crippen LogP) is 6.34. The van der Waals surface area contributed by atoms with Crippen LogP contribution >= 0.6 is 0 Å². The Balaban J connectivity index is 1.24. The van der Waals surface area contributed by atoms with Gasteiger partial charge in [-0.15, -0.1) is 0 Å². The van der Waals surface area contributed by atoms with Gasteiger partial charge in [-0.05, 0) is 90.6 Å². The molecule has 4 aliphatic rings. The van der Waals surface area contributed by atoms with Gasteiger partial charge in [0, 0.05) is 23.1 Å². The lowest BCUT2D eigenvalue weighted by atomic mass is 9.48. The minimum atomic E-state index is -0.885. The van der Waals surface area contributed by atoms with Crippen LogP contribution in [0.5, 0.6) is 0 Å². The monoisotopic (exact) mass is 512 g/mol. The third-order valence-corrected chi connectivity index (χ3v) is 8.88. The first-order chi connectivity index (χ1) is 18.8. The number of hydrogen-bond acceptors (Lipinski definition) is 3. The van der Waals surface area contributed by atoms with Crippen molar-refractivity contribution in [3.05, 3.63) is 130 Å². The highest BCUT2D eigenvalue weighted by Gasteiger charge is 2.68. The molecule has 4 aromatic carbocycles. The lowest BCUT2D eigenvalue weighted by molar-refractivity contribution is -0.128. The van der Waals surface area contributed by atoms with Crippen molar-refractivity contribution in [1.29, 1.82) is 0 Å². The van der Waals surface area contributed by atoms with Crippen molar-refractivity contribution in [2.75, 3.05) is 10.2 Å².